The minimum Gasteiger partial charge on any atom is -0.390 e. The van der Waals surface area contributed by atoms with Crippen LogP contribution in [0.2, 0.25) is 0 Å². The fourth-order valence-electron chi connectivity index (χ4n) is 2.67. The molecule has 0 radical (unpaired) electrons. The second kappa shape index (κ2) is 7.77. The molecule has 0 heterocycles. The van der Waals surface area contributed by atoms with Gasteiger partial charge < -0.3 is 15.3 Å². The molecule has 114 valence electrons. The van der Waals surface area contributed by atoms with E-state index in [2.05, 4.69) is 56.4 Å². The van der Waals surface area contributed by atoms with Crippen LogP contribution in [0, 0.1) is 0 Å². The number of aliphatic hydroxyl groups is 1. The quantitative estimate of drug-likeness (QED) is 0.765. The van der Waals surface area contributed by atoms with Gasteiger partial charge in [0.05, 0.1) is 6.10 Å². The van der Waals surface area contributed by atoms with E-state index >= 15 is 0 Å². The maximum Gasteiger partial charge on any atom is 0.0791 e. The number of aliphatic hydroxyl groups excluding tert-OH is 1. The topological polar surface area (TPSA) is 35.5 Å². The van der Waals surface area contributed by atoms with Crippen molar-refractivity contribution in [3.63, 3.8) is 0 Å². The summed E-state index contributed by atoms with van der Waals surface area (Å²) in [5, 5.41) is 13.3. The molecule has 0 aliphatic heterocycles. The maximum atomic E-state index is 9.88. The number of nitrogens with zero attached hydrogens (tertiary/aromatic N) is 1. The number of rotatable bonds is 8. The molecule has 2 N–H and O–H groups in total. The largest absolute Gasteiger partial charge is 0.390 e. The summed E-state index contributed by atoms with van der Waals surface area (Å²) in [5.41, 5.74) is 1.50. The van der Waals surface area contributed by atoms with Crippen molar-refractivity contribution < 1.29 is 5.11 Å². The van der Waals surface area contributed by atoms with Gasteiger partial charge >= 0.3 is 0 Å². The Labute approximate surface area is 124 Å². The molecule has 0 aromatic heterocycles. The van der Waals surface area contributed by atoms with Crippen LogP contribution in [0.25, 0.3) is 0 Å². The molecule has 0 bridgehead atoms. The molecule has 0 fully saturated rings. The Balaban J connectivity index is 2.43. The van der Waals surface area contributed by atoms with E-state index in [1.807, 2.05) is 19.0 Å². The Bertz CT molecular complexity index is 376. The molecule has 0 saturated carbocycles. The maximum absolute atomic E-state index is 9.88. The van der Waals surface area contributed by atoms with Crippen LogP contribution in [0.1, 0.15) is 32.8 Å². The molecule has 20 heavy (non-hydrogen) atoms. The van der Waals surface area contributed by atoms with Crippen molar-refractivity contribution in [2.75, 3.05) is 27.2 Å². The van der Waals surface area contributed by atoms with E-state index in [4.69, 9.17) is 0 Å². The van der Waals surface area contributed by atoms with Crippen molar-refractivity contribution in [1.82, 2.24) is 10.2 Å². The second-order valence-electron chi connectivity index (χ2n) is 6.68. The van der Waals surface area contributed by atoms with E-state index in [9.17, 15) is 5.11 Å². The van der Waals surface area contributed by atoms with Gasteiger partial charge in [-0.25, -0.2) is 0 Å². The zero-order chi connectivity index (χ0) is 15.2. The van der Waals surface area contributed by atoms with Gasteiger partial charge in [0.25, 0.3) is 0 Å². The Hall–Kier alpha value is -0.900. The van der Waals surface area contributed by atoms with Crippen molar-refractivity contribution in [3.8, 4) is 0 Å². The monoisotopic (exact) mass is 278 g/mol. The first-order chi connectivity index (χ1) is 9.31. The minimum atomic E-state index is -0.313. The average molecular weight is 278 g/mol. The first-order valence-corrected chi connectivity index (χ1v) is 7.43. The Morgan fingerprint density at radius 1 is 1.20 bits per heavy atom. The normalized spacial score (nSPS) is 15.3. The number of nitrogens with one attached hydrogen (secondary N) is 1. The summed E-state index contributed by atoms with van der Waals surface area (Å²) in [4.78, 5) is 2.00. The number of hydrogen-bond donors (Lipinski definition) is 2. The number of benzene rings is 1. The van der Waals surface area contributed by atoms with E-state index in [0.717, 1.165) is 6.42 Å². The average Bonchev–Trinajstić information content (AvgIpc) is 2.36. The molecule has 2 unspecified atom stereocenters. The third-order valence-corrected chi connectivity index (χ3v) is 3.65. The zero-order valence-corrected chi connectivity index (χ0v) is 13.6. The fraction of sp³-hybridized carbons (Fsp3) is 0.647. The van der Waals surface area contributed by atoms with Gasteiger partial charge in [-0.2, -0.15) is 0 Å². The highest BCUT2D eigenvalue weighted by Crippen LogP contribution is 2.27. The summed E-state index contributed by atoms with van der Waals surface area (Å²) in [7, 11) is 3.95. The lowest BCUT2D eigenvalue weighted by atomic mass is 9.79. The van der Waals surface area contributed by atoms with Crippen LogP contribution in [0.4, 0.5) is 0 Å². The van der Waals surface area contributed by atoms with Gasteiger partial charge in [0.2, 0.25) is 0 Å². The van der Waals surface area contributed by atoms with E-state index in [-0.39, 0.29) is 11.5 Å². The van der Waals surface area contributed by atoms with Gasteiger partial charge in [-0.3, -0.25) is 0 Å². The van der Waals surface area contributed by atoms with Crippen LogP contribution >= 0.6 is 0 Å². The lowest BCUT2D eigenvalue weighted by Gasteiger charge is -2.30. The highest BCUT2D eigenvalue weighted by atomic mass is 16.3. The standard InChI is InChI=1S/C17H30N2O/c1-14(18-12-16(20)13-19(4)5)11-17(2,3)15-9-7-6-8-10-15/h6-10,14,16,18,20H,11-13H2,1-5H3. The molecule has 1 aromatic rings. The third kappa shape index (κ3) is 6.04. The van der Waals surface area contributed by atoms with Gasteiger partial charge in [-0.15, -0.1) is 0 Å². The van der Waals surface area contributed by atoms with E-state index in [1.54, 1.807) is 0 Å². The highest BCUT2D eigenvalue weighted by molar-refractivity contribution is 5.23. The molecule has 3 heteroatoms. The number of hydrogen-bond acceptors (Lipinski definition) is 3. The lowest BCUT2D eigenvalue weighted by molar-refractivity contribution is 0.130. The number of likely N-dealkylation sites (N-methyl/N-ethyl adjacent to an activating group) is 1. The van der Waals surface area contributed by atoms with Crippen LogP contribution < -0.4 is 5.32 Å². The molecule has 0 spiro atoms. The summed E-state index contributed by atoms with van der Waals surface area (Å²) in [6.07, 6.45) is 0.735. The van der Waals surface area contributed by atoms with Crippen LogP contribution in [0.3, 0.4) is 0 Å². The Morgan fingerprint density at radius 3 is 2.35 bits per heavy atom. The summed E-state index contributed by atoms with van der Waals surface area (Å²) in [6, 6.07) is 11.0. The molecule has 1 aromatic carbocycles. The van der Waals surface area contributed by atoms with Gasteiger partial charge in [0.1, 0.15) is 0 Å². The molecule has 1 rings (SSSR count). The third-order valence-electron chi connectivity index (χ3n) is 3.65. The van der Waals surface area contributed by atoms with E-state index in [0.29, 0.717) is 19.1 Å². The molecule has 0 saturated heterocycles. The van der Waals surface area contributed by atoms with E-state index < -0.39 is 0 Å². The van der Waals surface area contributed by atoms with Gasteiger partial charge in [-0.1, -0.05) is 44.2 Å². The molecule has 0 aliphatic rings. The zero-order valence-electron chi connectivity index (χ0n) is 13.6. The summed E-state index contributed by atoms with van der Waals surface area (Å²) in [5.74, 6) is 0. The van der Waals surface area contributed by atoms with Gasteiger partial charge in [0.15, 0.2) is 0 Å². The molecule has 3 nitrogen and oxygen atoms in total. The fourth-order valence-corrected chi connectivity index (χ4v) is 2.67. The molecular formula is C17H30N2O. The first-order valence-electron chi connectivity index (χ1n) is 7.43. The van der Waals surface area contributed by atoms with Crippen LogP contribution in [0.5, 0.6) is 0 Å². The molecular weight excluding hydrogens is 248 g/mol. The first kappa shape index (κ1) is 17.2. The van der Waals surface area contributed by atoms with Gasteiger partial charge in [-0.05, 0) is 38.4 Å². The lowest BCUT2D eigenvalue weighted by Crippen LogP contribution is -2.40. The van der Waals surface area contributed by atoms with Crippen molar-refractivity contribution in [2.45, 2.75) is 44.8 Å². The van der Waals surface area contributed by atoms with Crippen molar-refractivity contribution in [3.05, 3.63) is 35.9 Å². The van der Waals surface area contributed by atoms with E-state index in [1.165, 1.54) is 5.56 Å². The molecule has 0 amide bonds. The predicted molar refractivity (Wildman–Crippen MR) is 86.1 cm³/mol. The SMILES string of the molecule is CC(CC(C)(C)c1ccccc1)NCC(O)CN(C)C. The smallest absolute Gasteiger partial charge is 0.0791 e. The van der Waals surface area contributed by atoms with Crippen LogP contribution in [-0.2, 0) is 5.41 Å². The Kier molecular flexibility index (Phi) is 6.66. The summed E-state index contributed by atoms with van der Waals surface area (Å²) < 4.78 is 0. The highest BCUT2D eigenvalue weighted by Gasteiger charge is 2.23. The van der Waals surface area contributed by atoms with Crippen LogP contribution in [-0.4, -0.2) is 49.3 Å². The van der Waals surface area contributed by atoms with Crippen molar-refractivity contribution in [1.29, 1.82) is 0 Å². The molecule has 2 atom stereocenters. The summed E-state index contributed by atoms with van der Waals surface area (Å²) >= 11 is 0. The summed E-state index contributed by atoms with van der Waals surface area (Å²) in [6.45, 7) is 8.08. The molecule has 0 aliphatic carbocycles. The predicted octanol–water partition coefficient (Wildman–Crippen LogP) is 2.25. The van der Waals surface area contributed by atoms with Crippen molar-refractivity contribution >= 4 is 0 Å². The Morgan fingerprint density at radius 2 is 1.80 bits per heavy atom. The minimum absolute atomic E-state index is 0.139. The van der Waals surface area contributed by atoms with Crippen LogP contribution in [0.15, 0.2) is 30.3 Å². The van der Waals surface area contributed by atoms with Gasteiger partial charge in [0, 0.05) is 19.1 Å². The second-order valence-corrected chi connectivity index (χ2v) is 6.68. The van der Waals surface area contributed by atoms with Crippen molar-refractivity contribution in [2.24, 2.45) is 0 Å².